The summed E-state index contributed by atoms with van der Waals surface area (Å²) < 4.78 is 0. The molecule has 1 aromatic heterocycles. The zero-order valence-electron chi connectivity index (χ0n) is 14.5. The van der Waals surface area contributed by atoms with E-state index in [0.29, 0.717) is 0 Å². The molecule has 0 spiro atoms. The van der Waals surface area contributed by atoms with Gasteiger partial charge in [0.25, 0.3) is 0 Å². The summed E-state index contributed by atoms with van der Waals surface area (Å²) in [5.41, 5.74) is 7.96. The number of hydrogen-bond acceptors (Lipinski definition) is 1. The third kappa shape index (κ3) is 2.87. The minimum absolute atomic E-state index is 0.924. The number of aromatic nitrogens is 2. The maximum absolute atomic E-state index is 4.99. The van der Waals surface area contributed by atoms with E-state index in [1.807, 2.05) is 12.1 Å². The van der Waals surface area contributed by atoms with Crippen LogP contribution in [-0.4, -0.2) is 9.97 Å². The van der Waals surface area contributed by atoms with E-state index in [0.717, 1.165) is 28.3 Å². The van der Waals surface area contributed by atoms with E-state index in [1.54, 1.807) is 0 Å². The number of aromatic amines is 1. The number of benzene rings is 3. The monoisotopic (exact) mass is 324 g/mol. The molecule has 0 radical (unpaired) electrons. The summed E-state index contributed by atoms with van der Waals surface area (Å²) in [7, 11) is 0. The first kappa shape index (κ1) is 15.4. The molecule has 0 atom stereocenters. The molecule has 0 aliphatic rings. The molecule has 0 amide bonds. The number of rotatable bonds is 3. The molecule has 2 heteroatoms. The quantitative estimate of drug-likeness (QED) is 0.490. The van der Waals surface area contributed by atoms with Gasteiger partial charge in [0.15, 0.2) is 0 Å². The summed E-state index contributed by atoms with van der Waals surface area (Å²) in [6.07, 6.45) is 0. The Kier molecular flexibility index (Phi) is 3.95. The van der Waals surface area contributed by atoms with Crippen LogP contribution >= 0.6 is 0 Å². The Morgan fingerprint density at radius 1 is 0.640 bits per heavy atom. The van der Waals surface area contributed by atoms with Gasteiger partial charge in [0.05, 0.1) is 11.4 Å². The van der Waals surface area contributed by atoms with Crippen molar-refractivity contribution >= 4 is 0 Å². The van der Waals surface area contributed by atoms with Gasteiger partial charge in [-0.2, -0.15) is 0 Å². The lowest BCUT2D eigenvalue weighted by atomic mass is 10.0. The second kappa shape index (κ2) is 6.40. The van der Waals surface area contributed by atoms with Crippen LogP contribution in [0, 0.1) is 13.8 Å². The van der Waals surface area contributed by atoms with Gasteiger partial charge < -0.3 is 4.98 Å². The molecule has 0 fully saturated rings. The molecule has 4 aromatic rings. The minimum Gasteiger partial charge on any atom is -0.337 e. The Labute approximate surface area is 148 Å². The van der Waals surface area contributed by atoms with E-state index in [2.05, 4.69) is 85.6 Å². The molecule has 0 bridgehead atoms. The van der Waals surface area contributed by atoms with Crippen molar-refractivity contribution in [2.45, 2.75) is 13.8 Å². The number of hydrogen-bond donors (Lipinski definition) is 1. The maximum Gasteiger partial charge on any atom is 0.139 e. The molecule has 0 aliphatic carbocycles. The maximum atomic E-state index is 4.99. The van der Waals surface area contributed by atoms with Crippen molar-refractivity contribution in [2.75, 3.05) is 0 Å². The standard InChI is InChI=1S/C23H20N2/c1-16-10-9-11-17(2)20(16)23-24-21(18-12-5-3-6-13-18)22(25-23)19-14-7-4-8-15-19/h3-15H,1-2H3,(H,24,25). The highest BCUT2D eigenvalue weighted by atomic mass is 14.9. The Morgan fingerprint density at radius 2 is 1.20 bits per heavy atom. The molecule has 2 nitrogen and oxygen atoms in total. The molecule has 122 valence electrons. The van der Waals surface area contributed by atoms with Crippen LogP contribution in [0.4, 0.5) is 0 Å². The van der Waals surface area contributed by atoms with Crippen molar-refractivity contribution in [3.05, 3.63) is 90.0 Å². The summed E-state index contributed by atoms with van der Waals surface area (Å²) in [6.45, 7) is 4.27. The van der Waals surface area contributed by atoms with Gasteiger partial charge in [-0.3, -0.25) is 0 Å². The number of nitrogens with one attached hydrogen (secondary N) is 1. The third-order valence-corrected chi connectivity index (χ3v) is 4.53. The van der Waals surface area contributed by atoms with Gasteiger partial charge in [-0.15, -0.1) is 0 Å². The van der Waals surface area contributed by atoms with E-state index >= 15 is 0 Å². The average molecular weight is 324 g/mol. The fourth-order valence-electron chi connectivity index (χ4n) is 3.30. The lowest BCUT2D eigenvalue weighted by Gasteiger charge is -2.06. The van der Waals surface area contributed by atoms with Crippen LogP contribution in [0.15, 0.2) is 78.9 Å². The predicted octanol–water partition coefficient (Wildman–Crippen LogP) is 6.03. The molecular weight excluding hydrogens is 304 g/mol. The predicted molar refractivity (Wildman–Crippen MR) is 104 cm³/mol. The third-order valence-electron chi connectivity index (χ3n) is 4.53. The largest absolute Gasteiger partial charge is 0.337 e. The first-order valence-corrected chi connectivity index (χ1v) is 8.51. The number of aryl methyl sites for hydroxylation is 2. The summed E-state index contributed by atoms with van der Waals surface area (Å²) >= 11 is 0. The van der Waals surface area contributed by atoms with E-state index in [-0.39, 0.29) is 0 Å². The van der Waals surface area contributed by atoms with Gasteiger partial charge in [0.2, 0.25) is 0 Å². The fraction of sp³-hybridized carbons (Fsp3) is 0.0870. The van der Waals surface area contributed by atoms with Crippen molar-refractivity contribution in [1.82, 2.24) is 9.97 Å². The first-order valence-electron chi connectivity index (χ1n) is 8.51. The highest BCUT2D eigenvalue weighted by Gasteiger charge is 2.17. The number of imidazole rings is 1. The van der Waals surface area contributed by atoms with Crippen molar-refractivity contribution in [2.24, 2.45) is 0 Å². The average Bonchev–Trinajstić information content (AvgIpc) is 3.08. The molecule has 4 rings (SSSR count). The van der Waals surface area contributed by atoms with E-state index < -0.39 is 0 Å². The molecular formula is C23H20N2. The topological polar surface area (TPSA) is 28.7 Å². The van der Waals surface area contributed by atoms with Gasteiger partial charge in [0.1, 0.15) is 5.82 Å². The Morgan fingerprint density at radius 3 is 1.80 bits per heavy atom. The van der Waals surface area contributed by atoms with Gasteiger partial charge in [-0.1, -0.05) is 78.9 Å². The van der Waals surface area contributed by atoms with E-state index in [1.165, 1.54) is 16.7 Å². The van der Waals surface area contributed by atoms with Crippen LogP contribution < -0.4 is 0 Å². The summed E-state index contributed by atoms with van der Waals surface area (Å²) in [4.78, 5) is 8.58. The minimum atomic E-state index is 0.924. The Bertz CT molecular complexity index is 922. The normalized spacial score (nSPS) is 10.8. The Hall–Kier alpha value is -3.13. The Balaban J connectivity index is 1.96. The van der Waals surface area contributed by atoms with Gasteiger partial charge >= 0.3 is 0 Å². The fourth-order valence-corrected chi connectivity index (χ4v) is 3.30. The van der Waals surface area contributed by atoms with Crippen LogP contribution in [-0.2, 0) is 0 Å². The molecule has 0 saturated carbocycles. The lowest BCUT2D eigenvalue weighted by molar-refractivity contribution is 1.26. The van der Waals surface area contributed by atoms with Crippen molar-refractivity contribution < 1.29 is 0 Å². The van der Waals surface area contributed by atoms with Crippen molar-refractivity contribution in [3.8, 4) is 33.9 Å². The van der Waals surface area contributed by atoms with Gasteiger partial charge in [-0.25, -0.2) is 4.98 Å². The van der Waals surface area contributed by atoms with Crippen LogP contribution in [0.3, 0.4) is 0 Å². The van der Waals surface area contributed by atoms with Crippen molar-refractivity contribution in [1.29, 1.82) is 0 Å². The first-order chi connectivity index (χ1) is 12.2. The molecule has 25 heavy (non-hydrogen) atoms. The molecule has 0 unspecified atom stereocenters. The van der Waals surface area contributed by atoms with Crippen molar-refractivity contribution in [3.63, 3.8) is 0 Å². The second-order valence-electron chi connectivity index (χ2n) is 6.31. The van der Waals surface area contributed by atoms with Gasteiger partial charge in [0, 0.05) is 16.7 Å². The van der Waals surface area contributed by atoms with Gasteiger partial charge in [-0.05, 0) is 25.0 Å². The molecule has 0 saturated heterocycles. The molecule has 1 N–H and O–H groups in total. The zero-order valence-corrected chi connectivity index (χ0v) is 14.5. The van der Waals surface area contributed by atoms with E-state index in [4.69, 9.17) is 4.98 Å². The van der Waals surface area contributed by atoms with E-state index in [9.17, 15) is 0 Å². The van der Waals surface area contributed by atoms with Crippen LogP contribution in [0.5, 0.6) is 0 Å². The highest BCUT2D eigenvalue weighted by molar-refractivity contribution is 5.82. The zero-order chi connectivity index (χ0) is 17.2. The summed E-state index contributed by atoms with van der Waals surface area (Å²) in [5, 5.41) is 0. The lowest BCUT2D eigenvalue weighted by Crippen LogP contribution is -1.89. The second-order valence-corrected chi connectivity index (χ2v) is 6.31. The SMILES string of the molecule is Cc1cccc(C)c1-c1nc(-c2ccccc2)c(-c2ccccc2)[nH]1. The van der Waals surface area contributed by atoms with Crippen LogP contribution in [0.1, 0.15) is 11.1 Å². The molecule has 3 aromatic carbocycles. The molecule has 0 aliphatic heterocycles. The molecule has 1 heterocycles. The summed E-state index contributed by atoms with van der Waals surface area (Å²) in [5.74, 6) is 0.924. The highest BCUT2D eigenvalue weighted by Crippen LogP contribution is 2.34. The number of nitrogens with zero attached hydrogens (tertiary/aromatic N) is 1. The smallest absolute Gasteiger partial charge is 0.139 e. The number of H-pyrrole nitrogens is 1. The summed E-state index contributed by atoms with van der Waals surface area (Å²) in [6, 6.07) is 27.1. The van der Waals surface area contributed by atoms with Crippen LogP contribution in [0.25, 0.3) is 33.9 Å². The van der Waals surface area contributed by atoms with Crippen LogP contribution in [0.2, 0.25) is 0 Å².